The summed E-state index contributed by atoms with van der Waals surface area (Å²) in [6.45, 7) is 0. The van der Waals surface area contributed by atoms with E-state index in [0.717, 1.165) is 10.0 Å². The lowest BCUT2D eigenvalue weighted by molar-refractivity contribution is -0.116. The summed E-state index contributed by atoms with van der Waals surface area (Å²) in [4.78, 5) is 12.2. The molecule has 5 heteroatoms. The Morgan fingerprint density at radius 3 is 2.60 bits per heavy atom. The van der Waals surface area contributed by atoms with Gasteiger partial charge in [-0.1, -0.05) is 46.3 Å². The van der Waals surface area contributed by atoms with Crippen LogP contribution in [0, 0.1) is 0 Å². The zero-order valence-electron chi connectivity index (χ0n) is 10.8. The molecule has 2 rings (SSSR count). The number of amides is 1. The highest BCUT2D eigenvalue weighted by molar-refractivity contribution is 9.10. The number of anilines is 1. The first-order valence-electron chi connectivity index (χ1n) is 5.95. The molecular formula is C15H13BrClNO2. The first-order valence-corrected chi connectivity index (χ1v) is 7.18. The lowest BCUT2D eigenvalue weighted by atomic mass is 10.1. The van der Waals surface area contributed by atoms with E-state index < -0.39 is 5.38 Å². The van der Waals surface area contributed by atoms with Gasteiger partial charge in [-0.25, -0.2) is 0 Å². The molecule has 0 spiro atoms. The summed E-state index contributed by atoms with van der Waals surface area (Å²) in [7, 11) is 1.55. The van der Waals surface area contributed by atoms with E-state index in [0.29, 0.717) is 11.4 Å². The van der Waals surface area contributed by atoms with Gasteiger partial charge in [-0.05, 0) is 23.8 Å². The summed E-state index contributed by atoms with van der Waals surface area (Å²) in [5, 5.41) is 2.02. The van der Waals surface area contributed by atoms with Crippen molar-refractivity contribution in [2.45, 2.75) is 5.38 Å². The predicted molar refractivity (Wildman–Crippen MR) is 84.4 cm³/mol. The second-order valence-electron chi connectivity index (χ2n) is 4.11. The van der Waals surface area contributed by atoms with Crippen molar-refractivity contribution >= 4 is 39.1 Å². The summed E-state index contributed by atoms with van der Waals surface area (Å²) in [6, 6.07) is 14.6. The second-order valence-corrected chi connectivity index (χ2v) is 5.46. The number of hydrogen-bond acceptors (Lipinski definition) is 2. The standard InChI is InChI=1S/C15H13BrClNO2/c1-20-13-8-7-11(16)9-12(13)18-15(19)14(17)10-5-3-2-4-6-10/h2-9,14H,1H3,(H,18,19). The highest BCUT2D eigenvalue weighted by Crippen LogP contribution is 2.30. The predicted octanol–water partition coefficient (Wildman–Crippen LogP) is 4.38. The van der Waals surface area contributed by atoms with Crippen LogP contribution in [0.4, 0.5) is 5.69 Å². The molecule has 1 N–H and O–H groups in total. The van der Waals surface area contributed by atoms with E-state index in [2.05, 4.69) is 21.2 Å². The van der Waals surface area contributed by atoms with Gasteiger partial charge in [-0.2, -0.15) is 0 Å². The van der Waals surface area contributed by atoms with Crippen molar-refractivity contribution < 1.29 is 9.53 Å². The van der Waals surface area contributed by atoms with Gasteiger partial charge in [0, 0.05) is 4.47 Å². The van der Waals surface area contributed by atoms with Gasteiger partial charge in [0.15, 0.2) is 0 Å². The Morgan fingerprint density at radius 1 is 1.25 bits per heavy atom. The summed E-state index contributed by atoms with van der Waals surface area (Å²) in [5.41, 5.74) is 1.33. The monoisotopic (exact) mass is 353 g/mol. The minimum Gasteiger partial charge on any atom is -0.495 e. The summed E-state index contributed by atoms with van der Waals surface area (Å²) < 4.78 is 6.05. The molecule has 0 radical (unpaired) electrons. The number of carbonyl (C=O) groups is 1. The fourth-order valence-corrected chi connectivity index (χ4v) is 2.31. The van der Waals surface area contributed by atoms with Gasteiger partial charge in [0.05, 0.1) is 12.8 Å². The number of alkyl halides is 1. The normalized spacial score (nSPS) is 11.8. The molecule has 0 heterocycles. The number of methoxy groups -OCH3 is 1. The molecule has 0 aliphatic heterocycles. The quantitative estimate of drug-likeness (QED) is 0.828. The van der Waals surface area contributed by atoms with Gasteiger partial charge >= 0.3 is 0 Å². The van der Waals surface area contributed by atoms with Crippen molar-refractivity contribution in [3.05, 3.63) is 58.6 Å². The maximum absolute atomic E-state index is 12.2. The third-order valence-corrected chi connectivity index (χ3v) is 3.69. The van der Waals surface area contributed by atoms with Crippen molar-refractivity contribution in [1.29, 1.82) is 0 Å². The van der Waals surface area contributed by atoms with Crippen molar-refractivity contribution in [2.75, 3.05) is 12.4 Å². The Bertz CT molecular complexity index is 604. The molecule has 0 aromatic heterocycles. The molecule has 0 aliphatic carbocycles. The van der Waals surface area contributed by atoms with Crippen LogP contribution in [-0.2, 0) is 4.79 Å². The maximum atomic E-state index is 12.2. The van der Waals surface area contributed by atoms with Gasteiger partial charge in [0.1, 0.15) is 11.1 Å². The molecule has 1 amide bonds. The van der Waals surface area contributed by atoms with E-state index in [1.807, 2.05) is 36.4 Å². The van der Waals surface area contributed by atoms with Gasteiger partial charge in [0.25, 0.3) is 0 Å². The van der Waals surface area contributed by atoms with Crippen LogP contribution in [0.3, 0.4) is 0 Å². The largest absolute Gasteiger partial charge is 0.495 e. The molecule has 2 aromatic rings. The number of benzene rings is 2. The van der Waals surface area contributed by atoms with Crippen molar-refractivity contribution in [3.8, 4) is 5.75 Å². The first kappa shape index (κ1) is 14.9. The van der Waals surface area contributed by atoms with E-state index in [4.69, 9.17) is 16.3 Å². The molecule has 1 unspecified atom stereocenters. The molecule has 0 saturated carbocycles. The van der Waals surface area contributed by atoms with Gasteiger partial charge in [0.2, 0.25) is 5.91 Å². The number of rotatable bonds is 4. The second kappa shape index (κ2) is 6.77. The smallest absolute Gasteiger partial charge is 0.247 e. The third-order valence-electron chi connectivity index (χ3n) is 2.74. The van der Waals surface area contributed by atoms with Crippen LogP contribution in [0.1, 0.15) is 10.9 Å². The molecule has 0 saturated heterocycles. The van der Waals surface area contributed by atoms with E-state index in [-0.39, 0.29) is 5.91 Å². The molecule has 0 bridgehead atoms. The van der Waals surface area contributed by atoms with Crippen LogP contribution >= 0.6 is 27.5 Å². The van der Waals surface area contributed by atoms with E-state index in [1.165, 1.54) is 0 Å². The topological polar surface area (TPSA) is 38.3 Å². The van der Waals surface area contributed by atoms with Crippen molar-refractivity contribution in [1.82, 2.24) is 0 Å². The number of carbonyl (C=O) groups excluding carboxylic acids is 1. The summed E-state index contributed by atoms with van der Waals surface area (Å²) >= 11 is 9.53. The molecule has 20 heavy (non-hydrogen) atoms. The highest BCUT2D eigenvalue weighted by atomic mass is 79.9. The highest BCUT2D eigenvalue weighted by Gasteiger charge is 2.18. The van der Waals surface area contributed by atoms with Crippen LogP contribution in [-0.4, -0.2) is 13.0 Å². The third kappa shape index (κ3) is 3.52. The van der Waals surface area contributed by atoms with Crippen molar-refractivity contribution in [3.63, 3.8) is 0 Å². The van der Waals surface area contributed by atoms with Crippen molar-refractivity contribution in [2.24, 2.45) is 0 Å². The minimum absolute atomic E-state index is 0.297. The zero-order valence-corrected chi connectivity index (χ0v) is 13.1. The fourth-order valence-electron chi connectivity index (χ4n) is 1.75. The van der Waals surface area contributed by atoms with Crippen LogP contribution < -0.4 is 10.1 Å². The molecule has 104 valence electrons. The molecule has 1 atom stereocenters. The fraction of sp³-hybridized carbons (Fsp3) is 0.133. The number of ether oxygens (including phenoxy) is 1. The van der Waals surface area contributed by atoms with Crippen LogP contribution in [0.2, 0.25) is 0 Å². The number of nitrogens with one attached hydrogen (secondary N) is 1. The van der Waals surface area contributed by atoms with Gasteiger partial charge in [-0.15, -0.1) is 11.6 Å². The van der Waals surface area contributed by atoms with Gasteiger partial charge < -0.3 is 10.1 Å². The van der Waals surface area contributed by atoms with Crippen LogP contribution in [0.25, 0.3) is 0 Å². The maximum Gasteiger partial charge on any atom is 0.247 e. The molecule has 0 fully saturated rings. The summed E-state index contributed by atoms with van der Waals surface area (Å²) in [5.74, 6) is 0.285. The lowest BCUT2D eigenvalue weighted by Crippen LogP contribution is -2.17. The van der Waals surface area contributed by atoms with E-state index in [1.54, 1.807) is 19.2 Å². The van der Waals surface area contributed by atoms with E-state index >= 15 is 0 Å². The van der Waals surface area contributed by atoms with Gasteiger partial charge in [-0.3, -0.25) is 4.79 Å². The lowest BCUT2D eigenvalue weighted by Gasteiger charge is -2.13. The Morgan fingerprint density at radius 2 is 1.95 bits per heavy atom. The van der Waals surface area contributed by atoms with E-state index in [9.17, 15) is 4.79 Å². The molecule has 3 nitrogen and oxygen atoms in total. The Hall–Kier alpha value is -1.52. The number of hydrogen-bond donors (Lipinski definition) is 1. The molecular weight excluding hydrogens is 342 g/mol. The Labute approximate surface area is 131 Å². The molecule has 0 aliphatic rings. The molecule has 2 aromatic carbocycles. The van der Waals surface area contributed by atoms with Crippen LogP contribution in [0.15, 0.2) is 53.0 Å². The number of halogens is 2. The van der Waals surface area contributed by atoms with Crippen LogP contribution in [0.5, 0.6) is 5.75 Å². The minimum atomic E-state index is -0.750. The SMILES string of the molecule is COc1ccc(Br)cc1NC(=O)C(Cl)c1ccccc1. The summed E-state index contributed by atoms with van der Waals surface area (Å²) in [6.07, 6.45) is 0. The average Bonchev–Trinajstić information content (AvgIpc) is 2.47. The Balaban J connectivity index is 2.18. The zero-order chi connectivity index (χ0) is 14.5. The Kier molecular flexibility index (Phi) is 5.04. The average molecular weight is 355 g/mol. The first-order chi connectivity index (χ1) is 9.61.